The average molecular weight is 207 g/mol. The van der Waals surface area contributed by atoms with Crippen molar-refractivity contribution >= 4 is 5.78 Å². The summed E-state index contributed by atoms with van der Waals surface area (Å²) < 4.78 is 1.77. The highest BCUT2D eigenvalue weighted by Gasteiger charge is 2.24. The van der Waals surface area contributed by atoms with Crippen LogP contribution in [0.4, 0.5) is 0 Å². The summed E-state index contributed by atoms with van der Waals surface area (Å²) in [7, 11) is 0. The standard InChI is InChI=1S/C11H17N3O/c1-2-14-10(5-7-13-14)11(15)9-4-3-6-12-8-9/h5,7,9,12H,2-4,6,8H2,1H3. The summed E-state index contributed by atoms with van der Waals surface area (Å²) in [6, 6.07) is 1.82. The van der Waals surface area contributed by atoms with Crippen LogP contribution in [0.15, 0.2) is 12.3 Å². The number of rotatable bonds is 3. The molecule has 2 heterocycles. The fraction of sp³-hybridized carbons (Fsp3) is 0.636. The van der Waals surface area contributed by atoms with Gasteiger partial charge in [-0.2, -0.15) is 5.10 Å². The smallest absolute Gasteiger partial charge is 0.185 e. The normalized spacial score (nSPS) is 21.5. The van der Waals surface area contributed by atoms with Crippen molar-refractivity contribution in [2.24, 2.45) is 5.92 Å². The van der Waals surface area contributed by atoms with Crippen molar-refractivity contribution in [3.63, 3.8) is 0 Å². The topological polar surface area (TPSA) is 46.9 Å². The predicted molar refractivity (Wildman–Crippen MR) is 57.8 cm³/mol. The fourth-order valence-corrected chi connectivity index (χ4v) is 2.08. The Morgan fingerprint density at radius 3 is 3.27 bits per heavy atom. The molecule has 0 spiro atoms. The second-order valence-corrected chi connectivity index (χ2v) is 3.94. The molecule has 1 N–H and O–H groups in total. The Morgan fingerprint density at radius 2 is 2.60 bits per heavy atom. The largest absolute Gasteiger partial charge is 0.316 e. The molecule has 1 aromatic heterocycles. The van der Waals surface area contributed by atoms with E-state index in [2.05, 4.69) is 10.4 Å². The van der Waals surface area contributed by atoms with Crippen LogP contribution < -0.4 is 5.32 Å². The molecular formula is C11H17N3O. The van der Waals surface area contributed by atoms with Crippen molar-refractivity contribution in [1.29, 1.82) is 0 Å². The lowest BCUT2D eigenvalue weighted by Gasteiger charge is -2.21. The highest BCUT2D eigenvalue weighted by molar-refractivity contribution is 5.96. The second kappa shape index (κ2) is 4.57. The number of aryl methyl sites for hydroxylation is 1. The molecule has 0 amide bonds. The average Bonchev–Trinajstić information content (AvgIpc) is 2.77. The minimum Gasteiger partial charge on any atom is -0.316 e. The Bertz CT molecular complexity index is 339. The Hall–Kier alpha value is -1.16. The molecule has 15 heavy (non-hydrogen) atoms. The third-order valence-electron chi connectivity index (χ3n) is 2.94. The zero-order valence-corrected chi connectivity index (χ0v) is 9.07. The Kier molecular flexibility index (Phi) is 3.16. The highest BCUT2D eigenvalue weighted by Crippen LogP contribution is 2.16. The lowest BCUT2D eigenvalue weighted by Crippen LogP contribution is -2.35. The molecule has 1 aliphatic rings. The monoisotopic (exact) mass is 207 g/mol. The van der Waals surface area contributed by atoms with Gasteiger partial charge in [-0.25, -0.2) is 0 Å². The van der Waals surface area contributed by atoms with Crippen LogP contribution in [0.1, 0.15) is 30.3 Å². The zero-order valence-electron chi connectivity index (χ0n) is 9.07. The summed E-state index contributed by atoms with van der Waals surface area (Å²) in [6.45, 7) is 4.61. The molecular weight excluding hydrogens is 190 g/mol. The number of piperidine rings is 1. The minimum atomic E-state index is 0.140. The van der Waals surface area contributed by atoms with Crippen molar-refractivity contribution < 1.29 is 4.79 Å². The molecule has 4 heteroatoms. The van der Waals surface area contributed by atoms with Crippen LogP contribution in [0.5, 0.6) is 0 Å². The van der Waals surface area contributed by atoms with Crippen LogP contribution in [0.3, 0.4) is 0 Å². The van der Waals surface area contributed by atoms with E-state index >= 15 is 0 Å². The lowest BCUT2D eigenvalue weighted by atomic mass is 9.93. The van der Waals surface area contributed by atoms with E-state index in [0.29, 0.717) is 0 Å². The van der Waals surface area contributed by atoms with E-state index in [-0.39, 0.29) is 11.7 Å². The lowest BCUT2D eigenvalue weighted by molar-refractivity contribution is 0.0888. The highest BCUT2D eigenvalue weighted by atomic mass is 16.1. The van der Waals surface area contributed by atoms with E-state index in [1.54, 1.807) is 10.9 Å². The van der Waals surface area contributed by atoms with Crippen molar-refractivity contribution in [2.45, 2.75) is 26.3 Å². The van der Waals surface area contributed by atoms with Gasteiger partial charge in [0.15, 0.2) is 5.78 Å². The summed E-state index contributed by atoms with van der Waals surface area (Å²) >= 11 is 0. The summed E-state index contributed by atoms with van der Waals surface area (Å²) in [6.07, 6.45) is 3.80. The number of hydrogen-bond donors (Lipinski definition) is 1. The Labute approximate surface area is 89.7 Å². The van der Waals surface area contributed by atoms with E-state index in [0.717, 1.165) is 38.2 Å². The summed E-state index contributed by atoms with van der Waals surface area (Å²) in [5.74, 6) is 0.377. The van der Waals surface area contributed by atoms with Gasteiger partial charge in [0.1, 0.15) is 5.69 Å². The molecule has 2 rings (SSSR count). The molecule has 0 aliphatic carbocycles. The van der Waals surface area contributed by atoms with Crippen molar-refractivity contribution in [3.8, 4) is 0 Å². The number of carbonyl (C=O) groups excluding carboxylic acids is 1. The first kappa shape index (κ1) is 10.4. The van der Waals surface area contributed by atoms with Crippen molar-refractivity contribution in [3.05, 3.63) is 18.0 Å². The molecule has 4 nitrogen and oxygen atoms in total. The number of ketones is 1. The third-order valence-corrected chi connectivity index (χ3v) is 2.94. The maximum atomic E-state index is 12.1. The number of hydrogen-bond acceptors (Lipinski definition) is 3. The van der Waals surface area contributed by atoms with Crippen molar-refractivity contribution in [1.82, 2.24) is 15.1 Å². The quantitative estimate of drug-likeness (QED) is 0.755. The molecule has 1 fully saturated rings. The van der Waals surface area contributed by atoms with E-state index in [9.17, 15) is 4.79 Å². The van der Waals surface area contributed by atoms with Gasteiger partial charge in [-0.3, -0.25) is 9.48 Å². The summed E-state index contributed by atoms with van der Waals surface area (Å²) in [4.78, 5) is 12.1. The maximum absolute atomic E-state index is 12.1. The molecule has 1 aromatic rings. The number of aromatic nitrogens is 2. The van der Waals surface area contributed by atoms with Crippen LogP contribution in [0.25, 0.3) is 0 Å². The minimum absolute atomic E-state index is 0.140. The molecule has 0 radical (unpaired) electrons. The molecule has 82 valence electrons. The van der Waals surface area contributed by atoms with Gasteiger partial charge in [0, 0.05) is 25.2 Å². The molecule has 1 aliphatic heterocycles. The number of nitrogens with one attached hydrogen (secondary N) is 1. The first-order chi connectivity index (χ1) is 7.33. The third kappa shape index (κ3) is 2.09. The Morgan fingerprint density at radius 1 is 1.73 bits per heavy atom. The van der Waals surface area contributed by atoms with Crippen LogP contribution in [-0.2, 0) is 6.54 Å². The van der Waals surface area contributed by atoms with E-state index < -0.39 is 0 Å². The van der Waals surface area contributed by atoms with E-state index in [4.69, 9.17) is 0 Å². The molecule has 1 saturated heterocycles. The first-order valence-corrected chi connectivity index (χ1v) is 5.59. The van der Waals surface area contributed by atoms with Crippen LogP contribution in [0.2, 0.25) is 0 Å². The van der Waals surface area contributed by atoms with Gasteiger partial charge in [-0.15, -0.1) is 0 Å². The number of carbonyl (C=O) groups is 1. The van der Waals surface area contributed by atoms with Crippen LogP contribution in [0, 0.1) is 5.92 Å². The van der Waals surface area contributed by atoms with Gasteiger partial charge in [0.2, 0.25) is 0 Å². The number of Topliss-reactive ketones (excluding diaryl/α,β-unsaturated/α-hetero) is 1. The SMILES string of the molecule is CCn1nccc1C(=O)C1CCCNC1. The van der Waals surface area contributed by atoms with Gasteiger partial charge in [-0.1, -0.05) is 0 Å². The second-order valence-electron chi connectivity index (χ2n) is 3.94. The molecule has 1 unspecified atom stereocenters. The van der Waals surface area contributed by atoms with E-state index in [1.165, 1.54) is 0 Å². The summed E-state index contributed by atoms with van der Waals surface area (Å²) in [5, 5.41) is 7.39. The fourth-order valence-electron chi connectivity index (χ4n) is 2.08. The summed E-state index contributed by atoms with van der Waals surface area (Å²) in [5.41, 5.74) is 0.756. The number of nitrogens with zero attached hydrogens (tertiary/aromatic N) is 2. The predicted octanol–water partition coefficient (Wildman–Crippen LogP) is 1.09. The van der Waals surface area contributed by atoms with Gasteiger partial charge >= 0.3 is 0 Å². The van der Waals surface area contributed by atoms with Gasteiger partial charge < -0.3 is 5.32 Å². The van der Waals surface area contributed by atoms with E-state index in [1.807, 2.05) is 13.0 Å². The van der Waals surface area contributed by atoms with Crippen LogP contribution >= 0.6 is 0 Å². The van der Waals surface area contributed by atoms with Crippen LogP contribution in [-0.4, -0.2) is 28.7 Å². The molecule has 0 saturated carbocycles. The molecule has 0 bridgehead atoms. The van der Waals surface area contributed by atoms with Gasteiger partial charge in [0.25, 0.3) is 0 Å². The molecule has 0 aromatic carbocycles. The zero-order chi connectivity index (χ0) is 10.7. The Balaban J connectivity index is 2.12. The van der Waals surface area contributed by atoms with Crippen molar-refractivity contribution in [2.75, 3.05) is 13.1 Å². The first-order valence-electron chi connectivity index (χ1n) is 5.59. The van der Waals surface area contributed by atoms with Gasteiger partial charge in [0.05, 0.1) is 0 Å². The maximum Gasteiger partial charge on any atom is 0.185 e. The van der Waals surface area contributed by atoms with Gasteiger partial charge in [-0.05, 0) is 32.4 Å². The molecule has 1 atom stereocenters.